The van der Waals surface area contributed by atoms with Gasteiger partial charge in [0, 0.05) is 17.9 Å². The number of halogens is 1. The van der Waals surface area contributed by atoms with E-state index in [0.717, 1.165) is 42.0 Å². The molecule has 0 radical (unpaired) electrons. The Morgan fingerprint density at radius 2 is 1.89 bits per heavy atom. The van der Waals surface area contributed by atoms with Gasteiger partial charge in [-0.1, -0.05) is 18.2 Å². The van der Waals surface area contributed by atoms with Crippen molar-refractivity contribution < 1.29 is 9.59 Å². The molecule has 2 aliphatic heterocycles. The van der Waals surface area contributed by atoms with Gasteiger partial charge in [-0.3, -0.25) is 14.5 Å². The number of anilines is 4. The van der Waals surface area contributed by atoms with Crippen LogP contribution in [0.1, 0.15) is 18.9 Å². The first-order valence-corrected chi connectivity index (χ1v) is 8.90. The standard InChI is InChI=1S/C20H22N4O2.ClH/c1-13(23-11-5-6-14-15(21)7-4-10-17(14)23)20(26)24-12-19(25)22-16-8-2-3-9-18(16)24;/h2-4,7-10,13H,5-6,11-12,21H2,1H3,(H,22,25);1H. The van der Waals surface area contributed by atoms with Crippen molar-refractivity contribution in [2.75, 3.05) is 33.9 Å². The maximum absolute atomic E-state index is 13.3. The topological polar surface area (TPSA) is 78.7 Å². The molecule has 0 aromatic heterocycles. The van der Waals surface area contributed by atoms with Crippen LogP contribution in [-0.2, 0) is 16.0 Å². The fraction of sp³-hybridized carbons (Fsp3) is 0.300. The zero-order valence-electron chi connectivity index (χ0n) is 15.1. The van der Waals surface area contributed by atoms with Crippen molar-refractivity contribution in [2.24, 2.45) is 0 Å². The zero-order chi connectivity index (χ0) is 18.3. The maximum atomic E-state index is 13.3. The van der Waals surface area contributed by atoms with E-state index < -0.39 is 0 Å². The van der Waals surface area contributed by atoms with Gasteiger partial charge in [0.05, 0.1) is 11.4 Å². The molecule has 0 saturated carbocycles. The predicted molar refractivity (Wildman–Crippen MR) is 111 cm³/mol. The van der Waals surface area contributed by atoms with Gasteiger partial charge in [-0.2, -0.15) is 0 Å². The Morgan fingerprint density at radius 3 is 2.70 bits per heavy atom. The summed E-state index contributed by atoms with van der Waals surface area (Å²) >= 11 is 0. The first-order valence-electron chi connectivity index (χ1n) is 8.90. The van der Waals surface area contributed by atoms with Crippen molar-refractivity contribution in [1.29, 1.82) is 0 Å². The van der Waals surface area contributed by atoms with E-state index >= 15 is 0 Å². The molecule has 3 N–H and O–H groups in total. The minimum Gasteiger partial charge on any atom is -0.398 e. The van der Waals surface area contributed by atoms with Gasteiger partial charge in [-0.15, -0.1) is 12.4 Å². The maximum Gasteiger partial charge on any atom is 0.249 e. The largest absolute Gasteiger partial charge is 0.398 e. The summed E-state index contributed by atoms with van der Waals surface area (Å²) in [5.41, 5.74) is 10.4. The fourth-order valence-corrected chi connectivity index (χ4v) is 3.87. The zero-order valence-corrected chi connectivity index (χ0v) is 16.0. The molecule has 2 amide bonds. The SMILES string of the molecule is CC(C(=O)N1CC(=O)Nc2ccccc21)N1CCCc2c(N)cccc21.Cl. The lowest BCUT2D eigenvalue weighted by molar-refractivity contribution is -0.122. The Balaban J connectivity index is 0.00000210. The molecule has 2 aliphatic rings. The third-order valence-corrected chi connectivity index (χ3v) is 5.18. The molecule has 1 unspecified atom stereocenters. The highest BCUT2D eigenvalue weighted by atomic mass is 35.5. The van der Waals surface area contributed by atoms with E-state index in [9.17, 15) is 9.59 Å². The van der Waals surface area contributed by atoms with Gasteiger partial charge in [0.25, 0.3) is 0 Å². The van der Waals surface area contributed by atoms with Crippen LogP contribution in [0.25, 0.3) is 0 Å². The summed E-state index contributed by atoms with van der Waals surface area (Å²) in [6, 6.07) is 12.9. The molecule has 0 bridgehead atoms. The van der Waals surface area contributed by atoms with Crippen LogP contribution in [0.4, 0.5) is 22.7 Å². The second kappa shape index (κ2) is 7.48. The molecule has 0 saturated heterocycles. The van der Waals surface area contributed by atoms with E-state index in [-0.39, 0.29) is 36.8 Å². The number of fused-ring (bicyclic) bond motifs is 2. The number of hydrogen-bond donors (Lipinski definition) is 2. The molecule has 2 aromatic rings. The summed E-state index contributed by atoms with van der Waals surface area (Å²) in [5, 5.41) is 2.82. The van der Waals surface area contributed by atoms with Gasteiger partial charge in [0.1, 0.15) is 12.6 Å². The lowest BCUT2D eigenvalue weighted by Gasteiger charge is -2.39. The number of nitrogens with one attached hydrogen (secondary N) is 1. The van der Waals surface area contributed by atoms with Crippen molar-refractivity contribution in [3.63, 3.8) is 0 Å². The van der Waals surface area contributed by atoms with Crippen molar-refractivity contribution in [1.82, 2.24) is 0 Å². The smallest absolute Gasteiger partial charge is 0.249 e. The molecule has 2 aromatic carbocycles. The third-order valence-electron chi connectivity index (χ3n) is 5.18. The Bertz CT molecular complexity index is 886. The van der Waals surface area contributed by atoms with Gasteiger partial charge in [0.2, 0.25) is 11.8 Å². The molecular formula is C20H23ClN4O2. The summed E-state index contributed by atoms with van der Waals surface area (Å²) in [6.45, 7) is 2.73. The molecule has 2 heterocycles. The number of rotatable bonds is 2. The number of carbonyl (C=O) groups excluding carboxylic acids is 2. The Morgan fingerprint density at radius 1 is 1.15 bits per heavy atom. The van der Waals surface area contributed by atoms with Gasteiger partial charge in [0.15, 0.2) is 0 Å². The number of benzene rings is 2. The van der Waals surface area contributed by atoms with Crippen LogP contribution in [-0.4, -0.2) is 30.9 Å². The number of nitrogens with two attached hydrogens (primary N) is 1. The predicted octanol–water partition coefficient (Wildman–Crippen LogP) is 2.82. The quantitative estimate of drug-likeness (QED) is 0.778. The van der Waals surface area contributed by atoms with Gasteiger partial charge in [-0.05, 0) is 49.6 Å². The Kier molecular flexibility index (Phi) is 5.28. The first-order chi connectivity index (χ1) is 12.6. The lowest BCUT2D eigenvalue weighted by atomic mass is 9.98. The number of carbonyl (C=O) groups is 2. The van der Waals surface area contributed by atoms with Crippen molar-refractivity contribution >= 4 is 47.0 Å². The summed E-state index contributed by atoms with van der Waals surface area (Å²) < 4.78 is 0. The molecule has 142 valence electrons. The molecule has 27 heavy (non-hydrogen) atoms. The van der Waals surface area contributed by atoms with Gasteiger partial charge < -0.3 is 16.0 Å². The molecule has 4 rings (SSSR count). The molecule has 0 spiro atoms. The van der Waals surface area contributed by atoms with Gasteiger partial charge >= 0.3 is 0 Å². The highest BCUT2D eigenvalue weighted by Gasteiger charge is 2.34. The van der Waals surface area contributed by atoms with Crippen LogP contribution in [0.3, 0.4) is 0 Å². The first kappa shape index (κ1) is 19.0. The minimum absolute atomic E-state index is 0. The molecule has 0 aliphatic carbocycles. The minimum atomic E-state index is -0.380. The van der Waals surface area contributed by atoms with Crippen LogP contribution in [0.2, 0.25) is 0 Å². The Hall–Kier alpha value is -2.73. The summed E-state index contributed by atoms with van der Waals surface area (Å²) in [4.78, 5) is 29.0. The van der Waals surface area contributed by atoms with Crippen molar-refractivity contribution in [2.45, 2.75) is 25.8 Å². The highest BCUT2D eigenvalue weighted by Crippen LogP contribution is 2.34. The lowest BCUT2D eigenvalue weighted by Crippen LogP contribution is -2.52. The number of hydrogen-bond acceptors (Lipinski definition) is 4. The van der Waals surface area contributed by atoms with E-state index in [4.69, 9.17) is 5.73 Å². The summed E-state index contributed by atoms with van der Waals surface area (Å²) in [7, 11) is 0. The van der Waals surface area contributed by atoms with Crippen LogP contribution in [0.5, 0.6) is 0 Å². The highest BCUT2D eigenvalue weighted by molar-refractivity contribution is 6.11. The Labute approximate surface area is 164 Å². The van der Waals surface area contributed by atoms with E-state index in [2.05, 4.69) is 10.2 Å². The van der Waals surface area contributed by atoms with E-state index in [1.165, 1.54) is 0 Å². The third kappa shape index (κ3) is 3.32. The number of nitrogen functional groups attached to an aromatic ring is 1. The number of nitrogens with zero attached hydrogens (tertiary/aromatic N) is 2. The second-order valence-corrected chi connectivity index (χ2v) is 6.81. The average Bonchev–Trinajstić information content (AvgIpc) is 2.66. The summed E-state index contributed by atoms with van der Waals surface area (Å²) in [5.74, 6) is -0.255. The van der Waals surface area contributed by atoms with Crippen LogP contribution in [0, 0.1) is 0 Å². The average molecular weight is 387 g/mol. The van der Waals surface area contributed by atoms with Gasteiger partial charge in [-0.25, -0.2) is 0 Å². The monoisotopic (exact) mass is 386 g/mol. The molecule has 7 heteroatoms. The van der Waals surface area contributed by atoms with Crippen molar-refractivity contribution in [3.8, 4) is 0 Å². The molecular weight excluding hydrogens is 364 g/mol. The summed E-state index contributed by atoms with van der Waals surface area (Å²) in [6.07, 6.45) is 1.88. The van der Waals surface area contributed by atoms with Crippen LogP contribution >= 0.6 is 12.4 Å². The van der Waals surface area contributed by atoms with E-state index in [1.54, 1.807) is 4.90 Å². The van der Waals surface area contributed by atoms with Crippen LogP contribution in [0.15, 0.2) is 42.5 Å². The second-order valence-electron chi connectivity index (χ2n) is 6.81. The fourth-order valence-electron chi connectivity index (χ4n) is 3.87. The number of para-hydroxylation sites is 2. The van der Waals surface area contributed by atoms with E-state index in [0.29, 0.717) is 5.69 Å². The van der Waals surface area contributed by atoms with Crippen LogP contribution < -0.4 is 20.9 Å². The number of amides is 2. The normalized spacial score (nSPS) is 16.6. The molecule has 1 atom stereocenters. The van der Waals surface area contributed by atoms with Crippen molar-refractivity contribution in [3.05, 3.63) is 48.0 Å². The van der Waals surface area contributed by atoms with E-state index in [1.807, 2.05) is 49.4 Å². The molecule has 0 fully saturated rings. The molecule has 6 nitrogen and oxygen atoms in total.